The molecule has 84 valence electrons. The molecule has 1 unspecified atom stereocenters. The Labute approximate surface area is 93.5 Å². The minimum Gasteiger partial charge on any atom is -0.351 e. The van der Waals surface area contributed by atoms with Crippen LogP contribution < -0.4 is 5.32 Å². The lowest BCUT2D eigenvalue weighted by Crippen LogP contribution is -2.42. The lowest BCUT2D eigenvalue weighted by Gasteiger charge is -2.19. The van der Waals surface area contributed by atoms with E-state index >= 15 is 0 Å². The van der Waals surface area contributed by atoms with Crippen molar-refractivity contribution < 1.29 is 13.2 Å². The van der Waals surface area contributed by atoms with E-state index in [0.29, 0.717) is 5.33 Å². The molecule has 0 aliphatic heterocycles. The summed E-state index contributed by atoms with van der Waals surface area (Å²) >= 11 is 3.26. The van der Waals surface area contributed by atoms with Gasteiger partial charge in [0, 0.05) is 17.6 Å². The van der Waals surface area contributed by atoms with Crippen molar-refractivity contribution in [3.63, 3.8) is 0 Å². The highest BCUT2D eigenvalue weighted by atomic mass is 79.9. The fourth-order valence-corrected chi connectivity index (χ4v) is 2.34. The molecule has 0 aromatic heterocycles. The highest BCUT2D eigenvalue weighted by Crippen LogP contribution is 2.04. The largest absolute Gasteiger partial charge is 0.351 e. The van der Waals surface area contributed by atoms with Crippen LogP contribution in [-0.4, -0.2) is 37.7 Å². The van der Waals surface area contributed by atoms with Crippen LogP contribution in [0.15, 0.2) is 0 Å². The highest BCUT2D eigenvalue weighted by molar-refractivity contribution is 9.09. The van der Waals surface area contributed by atoms with E-state index < -0.39 is 21.5 Å². The highest BCUT2D eigenvalue weighted by Gasteiger charge is 2.17. The predicted octanol–water partition coefficient (Wildman–Crippen LogP) is 0.567. The molecule has 0 aromatic rings. The molecule has 0 heterocycles. The SMILES string of the molecule is CC(C)C(CBr)NC(=O)CS(C)(=O)=O. The van der Waals surface area contributed by atoms with E-state index in [9.17, 15) is 13.2 Å². The molecule has 1 N–H and O–H groups in total. The number of carbonyl (C=O) groups excluding carboxylic acids is 1. The van der Waals surface area contributed by atoms with E-state index in [4.69, 9.17) is 0 Å². The normalized spacial score (nSPS) is 14.1. The summed E-state index contributed by atoms with van der Waals surface area (Å²) in [5, 5.41) is 3.28. The number of halogens is 1. The third-order valence-corrected chi connectivity index (χ3v) is 3.19. The number of amides is 1. The van der Waals surface area contributed by atoms with Crippen LogP contribution in [0.3, 0.4) is 0 Å². The smallest absolute Gasteiger partial charge is 0.235 e. The zero-order valence-electron chi connectivity index (χ0n) is 8.58. The summed E-state index contributed by atoms with van der Waals surface area (Å²) in [5.41, 5.74) is 0. The average molecular weight is 286 g/mol. The molecule has 1 amide bonds. The van der Waals surface area contributed by atoms with Gasteiger partial charge in [-0.05, 0) is 5.92 Å². The first-order valence-corrected chi connectivity index (χ1v) is 7.47. The van der Waals surface area contributed by atoms with E-state index in [-0.39, 0.29) is 12.0 Å². The van der Waals surface area contributed by atoms with Gasteiger partial charge < -0.3 is 5.32 Å². The van der Waals surface area contributed by atoms with Crippen molar-refractivity contribution in [1.82, 2.24) is 5.32 Å². The summed E-state index contributed by atoms with van der Waals surface area (Å²) in [5.74, 6) is -0.605. The summed E-state index contributed by atoms with van der Waals surface area (Å²) in [7, 11) is -3.23. The summed E-state index contributed by atoms with van der Waals surface area (Å²) in [6.45, 7) is 3.93. The molecule has 0 fully saturated rings. The van der Waals surface area contributed by atoms with Gasteiger partial charge in [0.1, 0.15) is 5.75 Å². The second-order valence-electron chi connectivity index (χ2n) is 3.64. The average Bonchev–Trinajstić information content (AvgIpc) is 1.96. The van der Waals surface area contributed by atoms with E-state index in [1.165, 1.54) is 0 Å². The number of nitrogens with one attached hydrogen (secondary N) is 1. The van der Waals surface area contributed by atoms with Crippen LogP contribution >= 0.6 is 15.9 Å². The third kappa shape index (κ3) is 6.37. The lowest BCUT2D eigenvalue weighted by molar-refractivity contribution is -0.119. The van der Waals surface area contributed by atoms with Crippen molar-refractivity contribution in [2.75, 3.05) is 17.3 Å². The molecular formula is C8H16BrNO3S. The first kappa shape index (κ1) is 13.9. The van der Waals surface area contributed by atoms with Crippen LogP contribution in [0.5, 0.6) is 0 Å². The van der Waals surface area contributed by atoms with Gasteiger partial charge in [-0.15, -0.1) is 0 Å². The fraction of sp³-hybridized carbons (Fsp3) is 0.875. The molecule has 0 saturated carbocycles. The summed E-state index contributed by atoms with van der Waals surface area (Å²) < 4.78 is 21.6. The standard InChI is InChI=1S/C8H16BrNO3S/c1-6(2)7(4-9)10-8(11)5-14(3,12)13/h6-7H,4-5H2,1-3H3,(H,10,11). The van der Waals surface area contributed by atoms with Gasteiger partial charge in [-0.1, -0.05) is 29.8 Å². The number of sulfone groups is 1. The molecule has 6 heteroatoms. The molecular weight excluding hydrogens is 270 g/mol. The number of carbonyl (C=O) groups is 1. The van der Waals surface area contributed by atoms with E-state index in [2.05, 4.69) is 21.2 Å². The number of rotatable bonds is 5. The zero-order chi connectivity index (χ0) is 11.4. The van der Waals surface area contributed by atoms with Gasteiger partial charge in [0.15, 0.2) is 9.84 Å². The van der Waals surface area contributed by atoms with Crippen LogP contribution in [0.25, 0.3) is 0 Å². The summed E-state index contributed by atoms with van der Waals surface area (Å²) in [6, 6.07) is -0.0238. The molecule has 0 spiro atoms. The molecule has 0 radical (unpaired) electrons. The molecule has 4 nitrogen and oxygen atoms in total. The van der Waals surface area contributed by atoms with Crippen molar-refractivity contribution in [1.29, 1.82) is 0 Å². The van der Waals surface area contributed by atoms with Gasteiger partial charge in [0.2, 0.25) is 5.91 Å². The maximum Gasteiger partial charge on any atom is 0.235 e. The quantitative estimate of drug-likeness (QED) is 0.751. The minimum absolute atomic E-state index is 0.0238. The molecule has 1 atom stereocenters. The Hall–Kier alpha value is -0.100. The number of hydrogen-bond acceptors (Lipinski definition) is 3. The third-order valence-electron chi connectivity index (χ3n) is 1.71. The van der Waals surface area contributed by atoms with Gasteiger partial charge in [-0.2, -0.15) is 0 Å². The van der Waals surface area contributed by atoms with Crippen LogP contribution in [0.4, 0.5) is 0 Å². The minimum atomic E-state index is -3.23. The predicted molar refractivity (Wildman–Crippen MR) is 60.3 cm³/mol. The Kier molecular flexibility index (Phi) is 5.66. The maximum atomic E-state index is 11.2. The number of alkyl halides is 1. The zero-order valence-corrected chi connectivity index (χ0v) is 11.0. The first-order chi connectivity index (χ1) is 6.26. The van der Waals surface area contributed by atoms with Crippen molar-refractivity contribution in [2.45, 2.75) is 19.9 Å². The Balaban J connectivity index is 4.18. The van der Waals surface area contributed by atoms with Crippen molar-refractivity contribution in [2.24, 2.45) is 5.92 Å². The van der Waals surface area contributed by atoms with Gasteiger partial charge >= 0.3 is 0 Å². The fourth-order valence-electron chi connectivity index (χ4n) is 0.870. The monoisotopic (exact) mass is 285 g/mol. The number of hydrogen-bond donors (Lipinski definition) is 1. The molecule has 0 bridgehead atoms. The van der Waals surface area contributed by atoms with Gasteiger partial charge in [0.05, 0.1) is 0 Å². The van der Waals surface area contributed by atoms with E-state index in [1.807, 2.05) is 13.8 Å². The van der Waals surface area contributed by atoms with E-state index in [1.54, 1.807) is 0 Å². The van der Waals surface area contributed by atoms with Crippen molar-refractivity contribution in [3.05, 3.63) is 0 Å². The Morgan fingerprint density at radius 3 is 2.21 bits per heavy atom. The second-order valence-corrected chi connectivity index (χ2v) is 6.43. The lowest BCUT2D eigenvalue weighted by atomic mass is 10.1. The first-order valence-electron chi connectivity index (χ1n) is 4.29. The molecule has 0 aliphatic rings. The maximum absolute atomic E-state index is 11.2. The summed E-state index contributed by atoms with van der Waals surface area (Å²) in [6.07, 6.45) is 1.05. The topological polar surface area (TPSA) is 63.2 Å². The molecule has 0 rings (SSSR count). The van der Waals surface area contributed by atoms with Crippen LogP contribution in [0.2, 0.25) is 0 Å². The molecule has 14 heavy (non-hydrogen) atoms. The Bertz CT molecular complexity index is 287. The Morgan fingerprint density at radius 2 is 1.93 bits per heavy atom. The van der Waals surface area contributed by atoms with E-state index in [0.717, 1.165) is 6.26 Å². The van der Waals surface area contributed by atoms with Crippen molar-refractivity contribution in [3.8, 4) is 0 Å². The molecule has 0 aliphatic carbocycles. The van der Waals surface area contributed by atoms with Crippen molar-refractivity contribution >= 4 is 31.7 Å². The van der Waals surface area contributed by atoms with Crippen LogP contribution in [0, 0.1) is 5.92 Å². The molecule has 0 aromatic carbocycles. The second kappa shape index (κ2) is 5.70. The van der Waals surface area contributed by atoms with Gasteiger partial charge in [-0.25, -0.2) is 8.42 Å². The van der Waals surface area contributed by atoms with Crippen LogP contribution in [0.1, 0.15) is 13.8 Å². The summed E-state index contributed by atoms with van der Waals surface area (Å²) in [4.78, 5) is 11.2. The van der Waals surface area contributed by atoms with Gasteiger partial charge in [-0.3, -0.25) is 4.79 Å². The Morgan fingerprint density at radius 1 is 1.43 bits per heavy atom. The van der Waals surface area contributed by atoms with Gasteiger partial charge in [0.25, 0.3) is 0 Å². The molecule has 0 saturated heterocycles. The van der Waals surface area contributed by atoms with Crippen LogP contribution in [-0.2, 0) is 14.6 Å².